The van der Waals surface area contributed by atoms with Crippen molar-refractivity contribution in [3.63, 3.8) is 0 Å². The van der Waals surface area contributed by atoms with Crippen molar-refractivity contribution in [1.82, 2.24) is 10.2 Å². The van der Waals surface area contributed by atoms with Gasteiger partial charge in [-0.15, -0.1) is 11.6 Å². The second-order valence-electron chi connectivity index (χ2n) is 7.45. The number of aliphatic hydroxyl groups excluding tert-OH is 2. The fraction of sp³-hybridized carbons (Fsp3) is 0.579. The number of sulfone groups is 1. The van der Waals surface area contributed by atoms with Gasteiger partial charge >= 0.3 is 0 Å². The Morgan fingerprint density at radius 1 is 1.23 bits per heavy atom. The molecule has 30 heavy (non-hydrogen) atoms. The number of amides is 2. The lowest BCUT2D eigenvalue weighted by atomic mass is 9.87. The number of nitrogens with zero attached hydrogens (tertiary/aromatic N) is 1. The summed E-state index contributed by atoms with van der Waals surface area (Å²) in [5.41, 5.74) is -0.990. The topological polar surface area (TPSA) is 133 Å². The second kappa shape index (κ2) is 11.5. The zero-order valence-corrected chi connectivity index (χ0v) is 18.9. The van der Waals surface area contributed by atoms with Gasteiger partial charge in [-0.25, -0.2) is 8.42 Å². The molecule has 0 unspecified atom stereocenters. The summed E-state index contributed by atoms with van der Waals surface area (Å²) < 4.78 is 28.5. The van der Waals surface area contributed by atoms with Crippen LogP contribution in [0.2, 0.25) is 0 Å². The molecule has 0 heterocycles. The van der Waals surface area contributed by atoms with Gasteiger partial charge < -0.3 is 25.2 Å². The summed E-state index contributed by atoms with van der Waals surface area (Å²) in [5, 5.41) is 21.7. The molecule has 0 saturated carbocycles. The van der Waals surface area contributed by atoms with Crippen LogP contribution in [-0.4, -0.2) is 86.4 Å². The first-order valence-electron chi connectivity index (χ1n) is 9.25. The third-order valence-electron chi connectivity index (χ3n) is 4.43. The van der Waals surface area contributed by atoms with E-state index in [1.165, 1.54) is 29.2 Å². The first kappa shape index (κ1) is 26.2. The van der Waals surface area contributed by atoms with Gasteiger partial charge in [0.1, 0.15) is 24.3 Å². The Balaban J connectivity index is 2.55. The van der Waals surface area contributed by atoms with Crippen molar-refractivity contribution in [2.24, 2.45) is 5.41 Å². The number of carbonyl (C=O) groups is 2. The van der Waals surface area contributed by atoms with Crippen LogP contribution < -0.4 is 10.1 Å². The van der Waals surface area contributed by atoms with Gasteiger partial charge in [-0.1, -0.05) is 13.8 Å². The predicted octanol–water partition coefficient (Wildman–Crippen LogP) is 0.0319. The number of aliphatic hydroxyl groups is 2. The molecule has 0 saturated heterocycles. The van der Waals surface area contributed by atoms with E-state index >= 15 is 0 Å². The quantitative estimate of drug-likeness (QED) is 0.371. The number of nitrogens with one attached hydrogen (secondary N) is 1. The van der Waals surface area contributed by atoms with Crippen LogP contribution in [0.15, 0.2) is 29.2 Å². The molecule has 1 aromatic carbocycles. The van der Waals surface area contributed by atoms with Gasteiger partial charge in [0.2, 0.25) is 11.8 Å². The zero-order chi connectivity index (χ0) is 22.9. The lowest BCUT2D eigenvalue weighted by Gasteiger charge is -2.28. The van der Waals surface area contributed by atoms with Crippen molar-refractivity contribution in [3.8, 4) is 5.75 Å². The Morgan fingerprint density at radius 2 is 1.83 bits per heavy atom. The minimum absolute atomic E-state index is 0.0864. The zero-order valence-electron chi connectivity index (χ0n) is 17.3. The van der Waals surface area contributed by atoms with Crippen LogP contribution in [0.3, 0.4) is 0 Å². The Labute approximate surface area is 181 Å². The molecule has 9 nitrogen and oxygen atoms in total. The van der Waals surface area contributed by atoms with Gasteiger partial charge in [0.25, 0.3) is 0 Å². The highest BCUT2D eigenvalue weighted by Gasteiger charge is 2.32. The number of benzene rings is 1. The largest absolute Gasteiger partial charge is 0.492 e. The van der Waals surface area contributed by atoms with Crippen LogP contribution in [0, 0.1) is 5.41 Å². The van der Waals surface area contributed by atoms with Crippen molar-refractivity contribution in [3.05, 3.63) is 24.3 Å². The fourth-order valence-corrected chi connectivity index (χ4v) is 3.15. The van der Waals surface area contributed by atoms with E-state index in [1.807, 2.05) is 0 Å². The smallest absolute Gasteiger partial charge is 0.249 e. The number of ether oxygens (including phenoxy) is 1. The molecule has 1 aromatic rings. The molecule has 3 N–H and O–H groups in total. The molecule has 0 bridgehead atoms. The summed E-state index contributed by atoms with van der Waals surface area (Å²) in [4.78, 5) is 25.6. The minimum Gasteiger partial charge on any atom is -0.492 e. The van der Waals surface area contributed by atoms with Crippen LogP contribution in [-0.2, 0) is 19.4 Å². The van der Waals surface area contributed by atoms with Crippen LogP contribution in [0.5, 0.6) is 5.75 Å². The number of hydrogen-bond donors (Lipinski definition) is 3. The van der Waals surface area contributed by atoms with Crippen LogP contribution in [0.1, 0.15) is 13.8 Å². The molecule has 11 heteroatoms. The molecule has 1 atom stereocenters. The van der Waals surface area contributed by atoms with Crippen molar-refractivity contribution in [2.45, 2.75) is 24.8 Å². The maximum Gasteiger partial charge on any atom is 0.249 e. The Hall–Kier alpha value is -1.88. The molecule has 0 aliphatic rings. The summed E-state index contributed by atoms with van der Waals surface area (Å²) in [6.07, 6.45) is -0.279. The highest BCUT2D eigenvalue weighted by Crippen LogP contribution is 2.19. The predicted molar refractivity (Wildman–Crippen MR) is 112 cm³/mol. The Morgan fingerprint density at radius 3 is 2.33 bits per heavy atom. The van der Waals surface area contributed by atoms with E-state index in [1.54, 1.807) is 13.8 Å². The molecule has 2 amide bonds. The Kier molecular flexibility index (Phi) is 10.0. The summed E-state index contributed by atoms with van der Waals surface area (Å²) >= 11 is 5.63. The molecular formula is C19H29ClN2O7S. The van der Waals surface area contributed by atoms with Gasteiger partial charge in [-0.2, -0.15) is 0 Å². The molecular weight excluding hydrogens is 436 g/mol. The van der Waals surface area contributed by atoms with Gasteiger partial charge in [0, 0.05) is 24.8 Å². The van der Waals surface area contributed by atoms with E-state index in [9.17, 15) is 28.2 Å². The van der Waals surface area contributed by atoms with E-state index in [-0.39, 0.29) is 49.5 Å². The fourth-order valence-electron chi connectivity index (χ4n) is 2.35. The summed E-state index contributed by atoms with van der Waals surface area (Å²) in [6.45, 7) is 3.32. The molecule has 170 valence electrons. The van der Waals surface area contributed by atoms with Gasteiger partial charge in [0.15, 0.2) is 9.84 Å². The highest BCUT2D eigenvalue weighted by atomic mass is 35.5. The molecule has 1 rings (SSSR count). The summed E-state index contributed by atoms with van der Waals surface area (Å²) in [5.74, 6) is -0.784. The number of carbonyl (C=O) groups excluding carboxylic acids is 2. The van der Waals surface area contributed by atoms with Gasteiger partial charge in [0.05, 0.1) is 18.0 Å². The first-order valence-corrected chi connectivity index (χ1v) is 11.7. The van der Waals surface area contributed by atoms with Crippen LogP contribution >= 0.6 is 11.6 Å². The second-order valence-corrected chi connectivity index (χ2v) is 9.73. The van der Waals surface area contributed by atoms with Crippen molar-refractivity contribution < 1.29 is 33.0 Å². The van der Waals surface area contributed by atoms with Crippen molar-refractivity contribution in [2.75, 3.05) is 45.0 Å². The van der Waals surface area contributed by atoms with E-state index in [2.05, 4.69) is 5.32 Å². The third kappa shape index (κ3) is 8.10. The maximum atomic E-state index is 12.0. The minimum atomic E-state index is -3.29. The monoisotopic (exact) mass is 464 g/mol. The van der Waals surface area contributed by atoms with E-state index in [0.29, 0.717) is 5.75 Å². The van der Waals surface area contributed by atoms with Gasteiger partial charge in [-0.3, -0.25) is 9.59 Å². The highest BCUT2D eigenvalue weighted by molar-refractivity contribution is 7.90. The molecule has 0 spiro atoms. The molecule has 0 fully saturated rings. The van der Waals surface area contributed by atoms with Crippen LogP contribution in [0.4, 0.5) is 0 Å². The third-order valence-corrected chi connectivity index (χ3v) is 5.78. The average Bonchev–Trinajstić information content (AvgIpc) is 2.70. The molecule has 0 radical (unpaired) electrons. The normalized spacial score (nSPS) is 12.9. The van der Waals surface area contributed by atoms with Crippen LogP contribution in [0.25, 0.3) is 0 Å². The lowest BCUT2D eigenvalue weighted by Crippen LogP contribution is -2.48. The molecule has 0 aliphatic carbocycles. The van der Waals surface area contributed by atoms with E-state index in [4.69, 9.17) is 16.3 Å². The van der Waals surface area contributed by atoms with Crippen molar-refractivity contribution >= 4 is 33.3 Å². The first-order chi connectivity index (χ1) is 13.9. The summed E-state index contributed by atoms with van der Waals surface area (Å²) in [6, 6.07) is 5.91. The van der Waals surface area contributed by atoms with E-state index in [0.717, 1.165) is 6.26 Å². The number of alkyl halides is 1. The standard InChI is InChI=1S/C19H29ClN2O7S/c1-19(2,13-23)17(25)18(26)21-8-9-22(16(24)12-20)10-11-29-14-4-6-15(7-5-14)30(3,27)28/h4-7,17,23,25H,8-13H2,1-3H3,(H,21,26)/t17-/m0/s1. The number of halogens is 1. The summed E-state index contributed by atoms with van der Waals surface area (Å²) in [7, 11) is -3.29. The van der Waals surface area contributed by atoms with Gasteiger partial charge in [-0.05, 0) is 24.3 Å². The SMILES string of the molecule is CC(C)(CO)[C@@H](O)C(=O)NCCN(CCOc1ccc(S(C)(=O)=O)cc1)C(=O)CCl. The molecule has 0 aliphatic heterocycles. The lowest BCUT2D eigenvalue weighted by molar-refractivity contribution is -0.137. The van der Waals surface area contributed by atoms with E-state index < -0.39 is 27.3 Å². The maximum absolute atomic E-state index is 12.0. The van der Waals surface area contributed by atoms with Crippen molar-refractivity contribution in [1.29, 1.82) is 0 Å². The average molecular weight is 465 g/mol. The number of rotatable bonds is 12. The molecule has 0 aromatic heterocycles. The number of hydrogen-bond acceptors (Lipinski definition) is 7. The Bertz CT molecular complexity index is 813.